The molecule has 134 valence electrons. The van der Waals surface area contributed by atoms with Gasteiger partial charge in [0.25, 0.3) is 0 Å². The number of halogens is 1. The number of aryl methyl sites for hydroxylation is 2. The largest absolute Gasteiger partial charge is 0.352 e. The molecule has 5 nitrogen and oxygen atoms in total. The van der Waals surface area contributed by atoms with Gasteiger partial charge in [-0.25, -0.2) is 4.98 Å². The predicted octanol–water partition coefficient (Wildman–Crippen LogP) is 3.61. The van der Waals surface area contributed by atoms with Crippen LogP contribution < -0.4 is 5.32 Å². The van der Waals surface area contributed by atoms with Crippen LogP contribution in [0.15, 0.2) is 36.4 Å². The fraction of sp³-hybridized carbons (Fsp3) is 0.250. The van der Waals surface area contributed by atoms with Crippen LogP contribution in [0.1, 0.15) is 22.6 Å². The first kappa shape index (κ1) is 18.1. The number of pyridine rings is 1. The molecular formula is C20H21ClN4O. The van der Waals surface area contributed by atoms with Crippen molar-refractivity contribution in [1.82, 2.24) is 20.1 Å². The van der Waals surface area contributed by atoms with Crippen molar-refractivity contribution in [3.8, 4) is 0 Å². The molecular weight excluding hydrogens is 348 g/mol. The van der Waals surface area contributed by atoms with E-state index in [9.17, 15) is 4.79 Å². The standard InChI is InChI=1S/C20H21ClN4O/c1-13-18(14(2)25(3)24-13)10-11-22-20(26)9-8-17-7-5-15-4-6-16(21)12-19(15)23-17/h4-9,12H,10-11H2,1-3H3,(H,22,26). The topological polar surface area (TPSA) is 59.8 Å². The molecule has 1 amide bonds. The van der Waals surface area contributed by atoms with Crippen molar-refractivity contribution in [1.29, 1.82) is 0 Å². The van der Waals surface area contributed by atoms with Crippen LogP contribution in [0, 0.1) is 13.8 Å². The smallest absolute Gasteiger partial charge is 0.244 e. The Hall–Kier alpha value is -2.66. The number of hydrogen-bond acceptors (Lipinski definition) is 3. The molecule has 2 heterocycles. The van der Waals surface area contributed by atoms with Crippen molar-refractivity contribution in [3.63, 3.8) is 0 Å². The molecule has 2 aromatic heterocycles. The Morgan fingerprint density at radius 3 is 2.77 bits per heavy atom. The highest BCUT2D eigenvalue weighted by molar-refractivity contribution is 6.31. The molecule has 1 N–H and O–H groups in total. The van der Waals surface area contributed by atoms with Gasteiger partial charge in [-0.1, -0.05) is 23.7 Å². The molecule has 0 bridgehead atoms. The Morgan fingerprint density at radius 1 is 1.27 bits per heavy atom. The van der Waals surface area contributed by atoms with Gasteiger partial charge < -0.3 is 5.32 Å². The van der Waals surface area contributed by atoms with Gasteiger partial charge >= 0.3 is 0 Å². The summed E-state index contributed by atoms with van der Waals surface area (Å²) in [5, 5.41) is 8.94. The number of nitrogens with one attached hydrogen (secondary N) is 1. The number of hydrogen-bond donors (Lipinski definition) is 1. The van der Waals surface area contributed by atoms with Crippen LogP contribution in [-0.2, 0) is 18.3 Å². The molecule has 0 atom stereocenters. The summed E-state index contributed by atoms with van der Waals surface area (Å²) in [4.78, 5) is 16.5. The molecule has 3 aromatic rings. The minimum absolute atomic E-state index is 0.141. The van der Waals surface area contributed by atoms with E-state index in [0.717, 1.165) is 28.7 Å². The number of carbonyl (C=O) groups is 1. The average molecular weight is 369 g/mol. The monoisotopic (exact) mass is 368 g/mol. The number of nitrogens with zero attached hydrogens (tertiary/aromatic N) is 3. The molecule has 26 heavy (non-hydrogen) atoms. The lowest BCUT2D eigenvalue weighted by Crippen LogP contribution is -2.23. The van der Waals surface area contributed by atoms with E-state index in [1.54, 1.807) is 6.08 Å². The highest BCUT2D eigenvalue weighted by Gasteiger charge is 2.09. The van der Waals surface area contributed by atoms with Gasteiger partial charge in [0.05, 0.1) is 16.9 Å². The Kier molecular flexibility index (Phi) is 5.38. The molecule has 0 saturated carbocycles. The minimum atomic E-state index is -0.141. The van der Waals surface area contributed by atoms with Crippen LogP contribution in [0.25, 0.3) is 17.0 Å². The molecule has 0 fully saturated rings. The Balaban J connectivity index is 1.59. The van der Waals surface area contributed by atoms with E-state index in [-0.39, 0.29) is 5.91 Å². The number of carbonyl (C=O) groups excluding carboxylic acids is 1. The maximum atomic E-state index is 12.0. The maximum Gasteiger partial charge on any atom is 0.244 e. The number of fused-ring (bicyclic) bond motifs is 1. The first-order valence-electron chi connectivity index (χ1n) is 8.45. The summed E-state index contributed by atoms with van der Waals surface area (Å²) in [5.74, 6) is -0.141. The number of rotatable bonds is 5. The number of benzene rings is 1. The molecule has 3 rings (SSSR count). The van der Waals surface area contributed by atoms with E-state index >= 15 is 0 Å². The molecule has 6 heteroatoms. The quantitative estimate of drug-likeness (QED) is 0.700. The summed E-state index contributed by atoms with van der Waals surface area (Å²) in [7, 11) is 1.93. The molecule has 0 spiro atoms. The van der Waals surface area contributed by atoms with Crippen molar-refractivity contribution in [2.75, 3.05) is 6.54 Å². The van der Waals surface area contributed by atoms with Gasteiger partial charge in [0.1, 0.15) is 0 Å². The first-order valence-corrected chi connectivity index (χ1v) is 8.83. The zero-order chi connectivity index (χ0) is 18.7. The van der Waals surface area contributed by atoms with E-state index in [2.05, 4.69) is 15.4 Å². The SMILES string of the molecule is Cc1nn(C)c(C)c1CCNC(=O)C=Cc1ccc2ccc(Cl)cc2n1. The third-order valence-corrected chi connectivity index (χ3v) is 4.65. The van der Waals surface area contributed by atoms with E-state index in [1.807, 2.05) is 55.9 Å². The van der Waals surface area contributed by atoms with Crippen molar-refractivity contribution in [3.05, 3.63) is 64.1 Å². The maximum absolute atomic E-state index is 12.0. The third-order valence-electron chi connectivity index (χ3n) is 4.41. The van der Waals surface area contributed by atoms with Crippen LogP contribution in [0.5, 0.6) is 0 Å². The van der Waals surface area contributed by atoms with Crippen LogP contribution in [-0.4, -0.2) is 27.2 Å². The Morgan fingerprint density at radius 2 is 2.04 bits per heavy atom. The number of amides is 1. The van der Waals surface area contributed by atoms with Crippen LogP contribution in [0.4, 0.5) is 0 Å². The van der Waals surface area contributed by atoms with Crippen molar-refractivity contribution in [2.45, 2.75) is 20.3 Å². The van der Waals surface area contributed by atoms with E-state index in [4.69, 9.17) is 11.6 Å². The molecule has 0 radical (unpaired) electrons. The fourth-order valence-corrected chi connectivity index (χ4v) is 3.08. The molecule has 0 aliphatic rings. The highest BCUT2D eigenvalue weighted by Crippen LogP contribution is 2.18. The fourth-order valence-electron chi connectivity index (χ4n) is 2.91. The minimum Gasteiger partial charge on any atom is -0.352 e. The Labute approximate surface area is 157 Å². The molecule has 1 aromatic carbocycles. The summed E-state index contributed by atoms with van der Waals surface area (Å²) >= 11 is 6.00. The van der Waals surface area contributed by atoms with Crippen LogP contribution in [0.2, 0.25) is 5.02 Å². The second-order valence-electron chi connectivity index (χ2n) is 6.22. The van der Waals surface area contributed by atoms with Crippen molar-refractivity contribution < 1.29 is 4.79 Å². The van der Waals surface area contributed by atoms with E-state index in [0.29, 0.717) is 17.3 Å². The van der Waals surface area contributed by atoms with Gasteiger partial charge in [-0.05, 0) is 50.1 Å². The third kappa shape index (κ3) is 4.11. The van der Waals surface area contributed by atoms with Gasteiger partial charge in [0.2, 0.25) is 5.91 Å². The average Bonchev–Trinajstić information content (AvgIpc) is 2.85. The van der Waals surface area contributed by atoms with E-state index < -0.39 is 0 Å². The van der Waals surface area contributed by atoms with E-state index in [1.165, 1.54) is 11.6 Å². The van der Waals surface area contributed by atoms with Crippen LogP contribution >= 0.6 is 11.6 Å². The lowest BCUT2D eigenvalue weighted by atomic mass is 10.1. The molecule has 0 saturated heterocycles. The Bertz CT molecular complexity index is 991. The summed E-state index contributed by atoms with van der Waals surface area (Å²) in [5.41, 5.74) is 4.85. The molecule has 0 aliphatic heterocycles. The van der Waals surface area contributed by atoms with Gasteiger partial charge in [0.15, 0.2) is 0 Å². The summed E-state index contributed by atoms with van der Waals surface area (Å²) in [6.45, 7) is 4.59. The lowest BCUT2D eigenvalue weighted by Gasteiger charge is -2.04. The lowest BCUT2D eigenvalue weighted by molar-refractivity contribution is -0.116. The number of aromatic nitrogens is 3. The zero-order valence-electron chi connectivity index (χ0n) is 15.1. The van der Waals surface area contributed by atoms with Crippen molar-refractivity contribution in [2.24, 2.45) is 7.05 Å². The summed E-state index contributed by atoms with van der Waals surface area (Å²) in [6, 6.07) is 9.41. The second kappa shape index (κ2) is 7.70. The normalized spacial score (nSPS) is 11.4. The van der Waals surface area contributed by atoms with Gasteiger partial charge in [-0.2, -0.15) is 5.10 Å². The van der Waals surface area contributed by atoms with Crippen LogP contribution in [0.3, 0.4) is 0 Å². The van der Waals surface area contributed by atoms with Gasteiger partial charge in [-0.15, -0.1) is 0 Å². The molecule has 0 unspecified atom stereocenters. The van der Waals surface area contributed by atoms with Gasteiger partial charge in [-0.3, -0.25) is 9.48 Å². The van der Waals surface area contributed by atoms with Gasteiger partial charge in [0, 0.05) is 35.8 Å². The first-order chi connectivity index (χ1) is 12.4. The molecule has 0 aliphatic carbocycles. The summed E-state index contributed by atoms with van der Waals surface area (Å²) in [6.07, 6.45) is 3.97. The van der Waals surface area contributed by atoms with Crippen molar-refractivity contribution >= 4 is 34.5 Å². The highest BCUT2D eigenvalue weighted by atomic mass is 35.5. The zero-order valence-corrected chi connectivity index (χ0v) is 15.8. The second-order valence-corrected chi connectivity index (χ2v) is 6.66. The predicted molar refractivity (Wildman–Crippen MR) is 105 cm³/mol. The summed E-state index contributed by atoms with van der Waals surface area (Å²) < 4.78 is 1.87.